The van der Waals surface area contributed by atoms with Crippen molar-refractivity contribution in [3.63, 3.8) is 0 Å². The van der Waals surface area contributed by atoms with E-state index in [2.05, 4.69) is 48.6 Å². The molecule has 0 spiro atoms. The smallest absolute Gasteiger partial charge is 0.142 e. The monoisotopic (exact) mass is 304 g/mol. The van der Waals surface area contributed by atoms with Gasteiger partial charge in [-0.2, -0.15) is 0 Å². The quantitative estimate of drug-likeness (QED) is 0.877. The zero-order valence-corrected chi connectivity index (χ0v) is 14.1. The summed E-state index contributed by atoms with van der Waals surface area (Å²) >= 11 is 1.77. The molecule has 0 amide bonds. The van der Waals surface area contributed by atoms with Crippen molar-refractivity contribution < 1.29 is 4.74 Å². The number of aryl methyl sites for hydroxylation is 1. The number of aromatic nitrogens is 1. The van der Waals surface area contributed by atoms with Crippen LogP contribution in [0, 0.1) is 6.92 Å². The molecule has 0 saturated heterocycles. The second kappa shape index (κ2) is 7.05. The van der Waals surface area contributed by atoms with E-state index in [1.165, 1.54) is 4.88 Å². The first-order valence-corrected chi connectivity index (χ1v) is 8.19. The van der Waals surface area contributed by atoms with E-state index >= 15 is 0 Å². The molecule has 3 nitrogen and oxygen atoms in total. The Bertz CT molecular complexity index is 559. The van der Waals surface area contributed by atoms with Gasteiger partial charge in [0.05, 0.1) is 12.3 Å². The van der Waals surface area contributed by atoms with Gasteiger partial charge in [-0.3, -0.25) is 4.98 Å². The number of nitrogens with one attached hydrogen (secondary N) is 1. The van der Waals surface area contributed by atoms with Gasteiger partial charge in [0.25, 0.3) is 0 Å². The molecule has 2 heterocycles. The summed E-state index contributed by atoms with van der Waals surface area (Å²) in [6, 6.07) is 8.24. The van der Waals surface area contributed by atoms with Crippen LogP contribution in [0.3, 0.4) is 0 Å². The van der Waals surface area contributed by atoms with E-state index in [4.69, 9.17) is 4.74 Å². The van der Waals surface area contributed by atoms with Gasteiger partial charge >= 0.3 is 0 Å². The fourth-order valence-corrected chi connectivity index (χ4v) is 2.61. The fraction of sp³-hybridized carbons (Fsp3) is 0.471. The fourth-order valence-electron chi connectivity index (χ4n) is 1.92. The Balaban J connectivity index is 1.97. The summed E-state index contributed by atoms with van der Waals surface area (Å²) in [6.07, 6.45) is 0.942. The first-order chi connectivity index (χ1) is 9.94. The molecule has 0 bridgehead atoms. The number of rotatable bonds is 6. The molecule has 0 aliphatic heterocycles. The first kappa shape index (κ1) is 16.0. The van der Waals surface area contributed by atoms with Crippen LogP contribution in [0.15, 0.2) is 29.6 Å². The SMILES string of the molecule is Cc1ccc(OCCc2cccs2)c(CNC(C)(C)C)n1. The van der Waals surface area contributed by atoms with Gasteiger partial charge in [0.2, 0.25) is 0 Å². The van der Waals surface area contributed by atoms with Crippen LogP contribution < -0.4 is 10.1 Å². The predicted octanol–water partition coefficient (Wildman–Crippen LogP) is 3.96. The Kier molecular flexibility index (Phi) is 5.37. The zero-order chi connectivity index (χ0) is 15.3. The van der Waals surface area contributed by atoms with Gasteiger partial charge in [-0.25, -0.2) is 0 Å². The summed E-state index contributed by atoms with van der Waals surface area (Å²) in [5.74, 6) is 0.883. The Labute approximate surface area is 131 Å². The molecule has 0 saturated carbocycles. The Morgan fingerprint density at radius 2 is 2.05 bits per heavy atom. The van der Waals surface area contributed by atoms with Crippen LogP contribution in [-0.2, 0) is 13.0 Å². The molecule has 2 aromatic rings. The predicted molar refractivity (Wildman–Crippen MR) is 89.1 cm³/mol. The Morgan fingerprint density at radius 1 is 1.24 bits per heavy atom. The van der Waals surface area contributed by atoms with Crippen molar-refractivity contribution in [3.05, 3.63) is 45.9 Å². The lowest BCUT2D eigenvalue weighted by Gasteiger charge is -2.21. The highest BCUT2D eigenvalue weighted by atomic mass is 32.1. The number of ether oxygens (including phenoxy) is 1. The number of pyridine rings is 1. The van der Waals surface area contributed by atoms with Gasteiger partial charge < -0.3 is 10.1 Å². The largest absolute Gasteiger partial charge is 0.491 e. The van der Waals surface area contributed by atoms with Crippen LogP contribution in [-0.4, -0.2) is 17.1 Å². The van der Waals surface area contributed by atoms with Crippen LogP contribution in [0.5, 0.6) is 5.75 Å². The van der Waals surface area contributed by atoms with Gasteiger partial charge in [-0.15, -0.1) is 11.3 Å². The second-order valence-electron chi connectivity index (χ2n) is 6.18. The van der Waals surface area contributed by atoms with Crippen molar-refractivity contribution in [2.75, 3.05) is 6.61 Å². The summed E-state index contributed by atoms with van der Waals surface area (Å²) in [5.41, 5.74) is 2.07. The highest BCUT2D eigenvalue weighted by molar-refractivity contribution is 7.09. The summed E-state index contributed by atoms with van der Waals surface area (Å²) < 4.78 is 5.93. The standard InChI is InChI=1S/C17H24N2OS/c1-13-7-8-16(15(19-13)12-18-17(2,3)4)20-10-9-14-6-5-11-21-14/h5-8,11,18H,9-10,12H2,1-4H3. The van der Waals surface area contributed by atoms with Crippen molar-refractivity contribution in [2.24, 2.45) is 0 Å². The van der Waals surface area contributed by atoms with Crippen LogP contribution in [0.1, 0.15) is 37.0 Å². The molecular formula is C17H24N2OS. The molecule has 0 aliphatic rings. The third-order valence-electron chi connectivity index (χ3n) is 3.04. The summed E-state index contributed by atoms with van der Waals surface area (Å²) in [5, 5.41) is 5.57. The highest BCUT2D eigenvalue weighted by Crippen LogP contribution is 2.19. The topological polar surface area (TPSA) is 34.1 Å². The lowest BCUT2D eigenvalue weighted by Crippen LogP contribution is -2.35. The second-order valence-corrected chi connectivity index (χ2v) is 7.21. The molecule has 2 rings (SSSR count). The first-order valence-electron chi connectivity index (χ1n) is 7.31. The molecule has 0 unspecified atom stereocenters. The van der Waals surface area contributed by atoms with Gasteiger partial charge in [0.1, 0.15) is 5.75 Å². The van der Waals surface area contributed by atoms with Crippen LogP contribution >= 0.6 is 11.3 Å². The molecule has 0 aliphatic carbocycles. The minimum atomic E-state index is 0.0691. The molecule has 0 aromatic carbocycles. The van der Waals surface area contributed by atoms with Gasteiger partial charge in [-0.05, 0) is 51.3 Å². The maximum atomic E-state index is 5.93. The van der Waals surface area contributed by atoms with Crippen molar-refractivity contribution in [2.45, 2.75) is 46.2 Å². The van der Waals surface area contributed by atoms with E-state index in [0.29, 0.717) is 6.61 Å². The van der Waals surface area contributed by atoms with Gasteiger partial charge in [0, 0.05) is 29.1 Å². The normalized spacial score (nSPS) is 11.6. The van der Waals surface area contributed by atoms with E-state index < -0.39 is 0 Å². The summed E-state index contributed by atoms with van der Waals surface area (Å²) in [7, 11) is 0. The Hall–Kier alpha value is -1.39. The third-order valence-corrected chi connectivity index (χ3v) is 3.98. The minimum absolute atomic E-state index is 0.0691. The number of hydrogen-bond acceptors (Lipinski definition) is 4. The maximum absolute atomic E-state index is 5.93. The van der Waals surface area contributed by atoms with Crippen molar-refractivity contribution in [1.29, 1.82) is 0 Å². The van der Waals surface area contributed by atoms with Crippen molar-refractivity contribution in [3.8, 4) is 5.75 Å². The Morgan fingerprint density at radius 3 is 2.71 bits per heavy atom. The van der Waals surface area contributed by atoms with Crippen LogP contribution in [0.2, 0.25) is 0 Å². The van der Waals surface area contributed by atoms with E-state index in [-0.39, 0.29) is 5.54 Å². The van der Waals surface area contributed by atoms with Crippen molar-refractivity contribution >= 4 is 11.3 Å². The molecule has 21 heavy (non-hydrogen) atoms. The molecule has 114 valence electrons. The summed E-state index contributed by atoms with van der Waals surface area (Å²) in [6.45, 7) is 9.88. The van der Waals surface area contributed by atoms with E-state index in [1.807, 2.05) is 19.1 Å². The molecule has 4 heteroatoms. The molecule has 0 fully saturated rings. The van der Waals surface area contributed by atoms with Gasteiger partial charge in [-0.1, -0.05) is 6.07 Å². The summed E-state index contributed by atoms with van der Waals surface area (Å²) in [4.78, 5) is 5.96. The number of nitrogens with zero attached hydrogens (tertiary/aromatic N) is 1. The van der Waals surface area contributed by atoms with E-state index in [9.17, 15) is 0 Å². The molecule has 0 radical (unpaired) electrons. The van der Waals surface area contributed by atoms with E-state index in [1.54, 1.807) is 11.3 Å². The lowest BCUT2D eigenvalue weighted by molar-refractivity contribution is 0.313. The molecule has 0 atom stereocenters. The average molecular weight is 304 g/mol. The van der Waals surface area contributed by atoms with Crippen LogP contribution in [0.25, 0.3) is 0 Å². The molecular weight excluding hydrogens is 280 g/mol. The highest BCUT2D eigenvalue weighted by Gasteiger charge is 2.12. The zero-order valence-electron chi connectivity index (χ0n) is 13.3. The average Bonchev–Trinajstić information content (AvgIpc) is 2.91. The van der Waals surface area contributed by atoms with Crippen molar-refractivity contribution in [1.82, 2.24) is 10.3 Å². The lowest BCUT2D eigenvalue weighted by atomic mass is 10.1. The van der Waals surface area contributed by atoms with Gasteiger partial charge in [0.15, 0.2) is 0 Å². The number of thiophene rings is 1. The third kappa shape index (κ3) is 5.48. The van der Waals surface area contributed by atoms with E-state index in [0.717, 1.165) is 30.1 Å². The minimum Gasteiger partial charge on any atom is -0.491 e. The molecule has 2 aromatic heterocycles. The number of hydrogen-bond donors (Lipinski definition) is 1. The molecule has 1 N–H and O–H groups in total. The maximum Gasteiger partial charge on any atom is 0.142 e. The van der Waals surface area contributed by atoms with Crippen LogP contribution in [0.4, 0.5) is 0 Å².